The number of pyridine rings is 1. The summed E-state index contributed by atoms with van der Waals surface area (Å²) in [5.74, 6) is -1.55. The molecule has 6 heteroatoms. The van der Waals surface area contributed by atoms with Crippen molar-refractivity contribution < 1.29 is 23.1 Å². The Kier molecular flexibility index (Phi) is 3.96. The first kappa shape index (κ1) is 16.9. The quantitative estimate of drug-likeness (QED) is 0.525. The minimum absolute atomic E-state index is 0.0432. The second kappa shape index (κ2) is 6.32. The number of aromatic nitrogens is 1. The Morgan fingerprint density at radius 3 is 2.52 bits per heavy atom. The first-order valence-corrected chi connectivity index (χ1v) is 8.14. The Morgan fingerprint density at radius 2 is 1.78 bits per heavy atom. The molecule has 0 atom stereocenters. The van der Waals surface area contributed by atoms with Gasteiger partial charge < -0.3 is 9.52 Å². The second-order valence-corrected chi connectivity index (χ2v) is 6.07. The summed E-state index contributed by atoms with van der Waals surface area (Å²) >= 11 is 0. The SMILES string of the molecule is Cc1c(-c2ccc(-c3ccccc3F)o2)nc2ccc(F)cc2c1C(=O)O. The summed E-state index contributed by atoms with van der Waals surface area (Å²) in [6, 6.07) is 13.2. The number of nitrogens with zero attached hydrogens (tertiary/aromatic N) is 1. The minimum atomic E-state index is -1.19. The highest BCUT2D eigenvalue weighted by atomic mass is 19.1. The van der Waals surface area contributed by atoms with Gasteiger partial charge >= 0.3 is 5.97 Å². The number of carboxylic acids is 1. The fourth-order valence-corrected chi connectivity index (χ4v) is 3.12. The van der Waals surface area contributed by atoms with Gasteiger partial charge in [-0.25, -0.2) is 18.6 Å². The van der Waals surface area contributed by atoms with Gasteiger partial charge in [0.2, 0.25) is 0 Å². The lowest BCUT2D eigenvalue weighted by Crippen LogP contribution is -2.05. The average Bonchev–Trinajstić information content (AvgIpc) is 3.10. The third-order valence-electron chi connectivity index (χ3n) is 4.38. The van der Waals surface area contributed by atoms with E-state index in [0.717, 1.165) is 6.07 Å². The predicted molar refractivity (Wildman–Crippen MR) is 96.5 cm³/mol. The molecule has 0 radical (unpaired) electrons. The van der Waals surface area contributed by atoms with Gasteiger partial charge in [0.15, 0.2) is 5.76 Å². The van der Waals surface area contributed by atoms with Crippen LogP contribution in [0, 0.1) is 18.6 Å². The van der Waals surface area contributed by atoms with Gasteiger partial charge in [-0.05, 0) is 55.0 Å². The highest BCUT2D eigenvalue weighted by Gasteiger charge is 2.21. The van der Waals surface area contributed by atoms with Gasteiger partial charge in [-0.1, -0.05) is 12.1 Å². The maximum Gasteiger partial charge on any atom is 0.336 e. The van der Waals surface area contributed by atoms with Crippen LogP contribution in [0.25, 0.3) is 33.7 Å². The molecule has 0 unspecified atom stereocenters. The molecule has 4 rings (SSSR count). The standard InChI is InChI=1S/C21H13F2NO3/c1-11-19(21(25)26)14-10-12(22)6-7-16(14)24-20(11)18-9-8-17(27-18)13-4-2-3-5-15(13)23/h2-10H,1H3,(H,25,26). The monoisotopic (exact) mass is 365 g/mol. The van der Waals surface area contributed by atoms with Gasteiger partial charge in [-0.15, -0.1) is 0 Å². The van der Waals surface area contributed by atoms with Crippen molar-refractivity contribution in [3.05, 3.63) is 77.4 Å². The zero-order valence-electron chi connectivity index (χ0n) is 14.2. The van der Waals surface area contributed by atoms with Crippen LogP contribution in [0.15, 0.2) is 59.0 Å². The molecule has 0 spiro atoms. The van der Waals surface area contributed by atoms with E-state index in [-0.39, 0.29) is 10.9 Å². The van der Waals surface area contributed by atoms with E-state index in [2.05, 4.69) is 4.98 Å². The summed E-state index contributed by atoms with van der Waals surface area (Å²) in [6.45, 7) is 1.58. The number of benzene rings is 2. The Hall–Kier alpha value is -3.54. The largest absolute Gasteiger partial charge is 0.478 e. The van der Waals surface area contributed by atoms with Gasteiger partial charge in [0.1, 0.15) is 23.1 Å². The Balaban J connectivity index is 1.93. The lowest BCUT2D eigenvalue weighted by Gasteiger charge is -2.10. The predicted octanol–water partition coefficient (Wildman–Crippen LogP) is 5.45. The number of hydrogen-bond donors (Lipinski definition) is 1. The van der Waals surface area contributed by atoms with E-state index in [1.165, 1.54) is 18.2 Å². The number of aromatic carboxylic acids is 1. The lowest BCUT2D eigenvalue weighted by molar-refractivity contribution is 0.0698. The van der Waals surface area contributed by atoms with E-state index in [1.54, 1.807) is 37.3 Å². The smallest absolute Gasteiger partial charge is 0.336 e. The fourth-order valence-electron chi connectivity index (χ4n) is 3.12. The molecule has 2 aromatic carbocycles. The summed E-state index contributed by atoms with van der Waals surface area (Å²) < 4.78 is 33.3. The van der Waals surface area contributed by atoms with E-state index < -0.39 is 17.6 Å². The lowest BCUT2D eigenvalue weighted by atomic mass is 10.0. The molecule has 0 fully saturated rings. The van der Waals surface area contributed by atoms with Crippen molar-refractivity contribution in [2.75, 3.05) is 0 Å². The third kappa shape index (κ3) is 2.85. The molecule has 0 aliphatic rings. The fraction of sp³-hybridized carbons (Fsp3) is 0.0476. The highest BCUT2D eigenvalue weighted by molar-refractivity contribution is 6.05. The Bertz CT molecular complexity index is 1200. The minimum Gasteiger partial charge on any atom is -0.478 e. The van der Waals surface area contributed by atoms with E-state index in [1.807, 2.05) is 0 Å². The van der Waals surface area contributed by atoms with Crippen LogP contribution in [0.2, 0.25) is 0 Å². The highest BCUT2D eigenvalue weighted by Crippen LogP contribution is 2.34. The second-order valence-electron chi connectivity index (χ2n) is 6.07. The molecule has 1 N–H and O–H groups in total. The van der Waals surface area contributed by atoms with E-state index in [0.29, 0.717) is 33.9 Å². The molecule has 0 bridgehead atoms. The molecule has 2 heterocycles. The molecule has 4 nitrogen and oxygen atoms in total. The van der Waals surface area contributed by atoms with Crippen LogP contribution in [0.4, 0.5) is 8.78 Å². The van der Waals surface area contributed by atoms with Crippen LogP contribution in [0.1, 0.15) is 15.9 Å². The number of carbonyl (C=O) groups is 1. The molecule has 134 valence electrons. The summed E-state index contributed by atoms with van der Waals surface area (Å²) in [4.78, 5) is 16.2. The van der Waals surface area contributed by atoms with Crippen molar-refractivity contribution in [1.29, 1.82) is 0 Å². The van der Waals surface area contributed by atoms with Crippen molar-refractivity contribution in [3.8, 4) is 22.8 Å². The van der Waals surface area contributed by atoms with Gasteiger partial charge in [-0.2, -0.15) is 0 Å². The van der Waals surface area contributed by atoms with Crippen LogP contribution in [-0.2, 0) is 0 Å². The van der Waals surface area contributed by atoms with Crippen molar-refractivity contribution >= 4 is 16.9 Å². The molecular weight excluding hydrogens is 352 g/mol. The molecule has 0 aliphatic carbocycles. The van der Waals surface area contributed by atoms with Gasteiger partial charge in [0.05, 0.1) is 16.6 Å². The van der Waals surface area contributed by atoms with Crippen molar-refractivity contribution in [2.45, 2.75) is 6.92 Å². The number of hydrogen-bond acceptors (Lipinski definition) is 3. The molecule has 0 amide bonds. The molecule has 0 saturated carbocycles. The van der Waals surface area contributed by atoms with Crippen molar-refractivity contribution in [2.24, 2.45) is 0 Å². The van der Waals surface area contributed by atoms with Gasteiger partial charge in [-0.3, -0.25) is 0 Å². The molecule has 0 saturated heterocycles. The number of fused-ring (bicyclic) bond motifs is 1. The topological polar surface area (TPSA) is 63.3 Å². The Labute approximate surface area is 152 Å². The van der Waals surface area contributed by atoms with Crippen LogP contribution in [-0.4, -0.2) is 16.1 Å². The van der Waals surface area contributed by atoms with Crippen LogP contribution in [0.5, 0.6) is 0 Å². The first-order valence-electron chi connectivity index (χ1n) is 8.14. The number of halogens is 2. The number of rotatable bonds is 3. The van der Waals surface area contributed by atoms with Gasteiger partial charge in [0.25, 0.3) is 0 Å². The van der Waals surface area contributed by atoms with Crippen LogP contribution in [0.3, 0.4) is 0 Å². The zero-order valence-corrected chi connectivity index (χ0v) is 14.2. The maximum absolute atomic E-state index is 14.0. The van der Waals surface area contributed by atoms with E-state index in [9.17, 15) is 18.7 Å². The van der Waals surface area contributed by atoms with Crippen molar-refractivity contribution in [3.63, 3.8) is 0 Å². The normalized spacial score (nSPS) is 11.1. The summed E-state index contributed by atoms with van der Waals surface area (Å²) in [5, 5.41) is 9.83. The average molecular weight is 365 g/mol. The first-order chi connectivity index (χ1) is 13.0. The van der Waals surface area contributed by atoms with Crippen LogP contribution < -0.4 is 0 Å². The van der Waals surface area contributed by atoms with E-state index >= 15 is 0 Å². The summed E-state index contributed by atoms with van der Waals surface area (Å²) in [5.41, 5.74) is 1.24. The maximum atomic E-state index is 14.0. The van der Waals surface area contributed by atoms with E-state index in [4.69, 9.17) is 4.42 Å². The Morgan fingerprint density at radius 1 is 1.04 bits per heavy atom. The summed E-state index contributed by atoms with van der Waals surface area (Å²) in [7, 11) is 0. The molecule has 27 heavy (non-hydrogen) atoms. The molecule has 2 aromatic heterocycles. The number of carboxylic acid groups (broad SMARTS) is 1. The molecule has 4 aromatic rings. The number of furan rings is 1. The molecule has 0 aliphatic heterocycles. The van der Waals surface area contributed by atoms with Gasteiger partial charge in [0, 0.05) is 5.39 Å². The molecular formula is C21H13F2NO3. The third-order valence-corrected chi connectivity index (χ3v) is 4.38. The van der Waals surface area contributed by atoms with Crippen LogP contribution >= 0.6 is 0 Å². The zero-order chi connectivity index (χ0) is 19.1. The van der Waals surface area contributed by atoms with Crippen molar-refractivity contribution in [1.82, 2.24) is 4.98 Å². The summed E-state index contributed by atoms with van der Waals surface area (Å²) in [6.07, 6.45) is 0.